The molecule has 0 bridgehead atoms. The summed E-state index contributed by atoms with van der Waals surface area (Å²) in [7, 11) is 0. The van der Waals surface area contributed by atoms with Crippen LogP contribution in [0, 0.1) is 5.92 Å². The van der Waals surface area contributed by atoms with Crippen molar-refractivity contribution >= 4 is 17.2 Å². The number of hydrogen-bond acceptors (Lipinski definition) is 5. The average molecular weight is 316 g/mol. The third kappa shape index (κ3) is 3.50. The van der Waals surface area contributed by atoms with Crippen molar-refractivity contribution in [2.45, 2.75) is 32.6 Å². The maximum atomic E-state index is 12.4. The zero-order valence-corrected chi connectivity index (χ0v) is 13.6. The lowest BCUT2D eigenvalue weighted by Gasteiger charge is -2.32. The van der Waals surface area contributed by atoms with Gasteiger partial charge in [-0.2, -0.15) is 0 Å². The fraction of sp³-hybridized carbons (Fsp3) is 0.500. The molecule has 1 aliphatic heterocycles. The van der Waals surface area contributed by atoms with Crippen LogP contribution in [-0.4, -0.2) is 38.8 Å². The summed E-state index contributed by atoms with van der Waals surface area (Å²) < 4.78 is 0. The second-order valence-electron chi connectivity index (χ2n) is 5.65. The van der Waals surface area contributed by atoms with Crippen molar-refractivity contribution in [3.8, 4) is 10.8 Å². The highest BCUT2D eigenvalue weighted by Crippen LogP contribution is 2.22. The minimum Gasteiger partial charge on any atom is -0.342 e. The minimum atomic E-state index is 0.184. The number of nitrogens with zero attached hydrogens (tertiary/aromatic N) is 4. The molecule has 0 aliphatic carbocycles. The van der Waals surface area contributed by atoms with Crippen molar-refractivity contribution in [1.82, 2.24) is 19.9 Å². The van der Waals surface area contributed by atoms with E-state index in [2.05, 4.69) is 21.9 Å². The molecular formula is C16H20N4OS. The van der Waals surface area contributed by atoms with E-state index in [-0.39, 0.29) is 5.91 Å². The fourth-order valence-electron chi connectivity index (χ4n) is 2.79. The largest absolute Gasteiger partial charge is 0.342 e. The number of aromatic nitrogens is 3. The van der Waals surface area contributed by atoms with E-state index in [9.17, 15) is 4.79 Å². The fourth-order valence-corrected chi connectivity index (χ4v) is 3.56. The first-order valence-electron chi connectivity index (χ1n) is 7.76. The molecule has 1 aliphatic rings. The summed E-state index contributed by atoms with van der Waals surface area (Å²) >= 11 is 1.49. The van der Waals surface area contributed by atoms with Gasteiger partial charge < -0.3 is 4.90 Å². The predicted molar refractivity (Wildman–Crippen MR) is 86.4 cm³/mol. The highest BCUT2D eigenvalue weighted by molar-refractivity contribution is 7.13. The Bertz CT molecular complexity index is 628. The molecule has 5 nitrogen and oxygen atoms in total. The van der Waals surface area contributed by atoms with Gasteiger partial charge >= 0.3 is 0 Å². The van der Waals surface area contributed by atoms with E-state index in [1.807, 2.05) is 10.3 Å². The zero-order valence-electron chi connectivity index (χ0n) is 12.7. The number of likely N-dealkylation sites (tertiary alicyclic amines) is 1. The monoisotopic (exact) mass is 316 g/mol. The molecule has 116 valence electrons. The van der Waals surface area contributed by atoms with Gasteiger partial charge in [-0.15, -0.1) is 11.3 Å². The van der Waals surface area contributed by atoms with Crippen molar-refractivity contribution in [3.05, 3.63) is 29.5 Å². The first-order chi connectivity index (χ1) is 10.8. The van der Waals surface area contributed by atoms with Gasteiger partial charge in [0, 0.05) is 30.9 Å². The molecule has 1 fully saturated rings. The Morgan fingerprint density at radius 1 is 1.41 bits per heavy atom. The normalized spacial score (nSPS) is 18.4. The quantitative estimate of drug-likeness (QED) is 0.870. The molecule has 0 aromatic carbocycles. The summed E-state index contributed by atoms with van der Waals surface area (Å²) in [5, 5.41) is 2.71. The number of carbonyl (C=O) groups excluding carboxylic acids is 1. The topological polar surface area (TPSA) is 59.0 Å². The third-order valence-electron chi connectivity index (χ3n) is 4.09. The molecule has 1 atom stereocenters. The van der Waals surface area contributed by atoms with Crippen molar-refractivity contribution in [2.75, 3.05) is 13.1 Å². The maximum Gasteiger partial charge on any atom is 0.228 e. The van der Waals surface area contributed by atoms with Gasteiger partial charge in [0.1, 0.15) is 0 Å². The van der Waals surface area contributed by atoms with E-state index in [0.29, 0.717) is 18.2 Å². The van der Waals surface area contributed by atoms with Gasteiger partial charge in [0.25, 0.3) is 0 Å². The molecule has 3 heterocycles. The Morgan fingerprint density at radius 3 is 3.00 bits per heavy atom. The summed E-state index contributed by atoms with van der Waals surface area (Å²) in [5.41, 5.74) is 0.816. The van der Waals surface area contributed by atoms with Gasteiger partial charge in [-0.1, -0.05) is 13.3 Å². The first kappa shape index (κ1) is 15.1. The smallest absolute Gasteiger partial charge is 0.228 e. The van der Waals surface area contributed by atoms with Crippen molar-refractivity contribution < 1.29 is 4.79 Å². The highest BCUT2D eigenvalue weighted by atomic mass is 32.1. The first-order valence-corrected chi connectivity index (χ1v) is 8.63. The molecule has 0 spiro atoms. The molecule has 1 amide bonds. The van der Waals surface area contributed by atoms with Crippen LogP contribution in [0.4, 0.5) is 0 Å². The highest BCUT2D eigenvalue weighted by Gasteiger charge is 2.23. The Balaban J connectivity index is 1.64. The third-order valence-corrected chi connectivity index (χ3v) is 4.98. The van der Waals surface area contributed by atoms with E-state index in [1.54, 1.807) is 18.5 Å². The summed E-state index contributed by atoms with van der Waals surface area (Å²) in [6.45, 7) is 3.98. The minimum absolute atomic E-state index is 0.184. The van der Waals surface area contributed by atoms with E-state index in [0.717, 1.165) is 36.6 Å². The van der Waals surface area contributed by atoms with Gasteiger partial charge in [0.2, 0.25) is 5.91 Å². The van der Waals surface area contributed by atoms with Crippen molar-refractivity contribution in [3.63, 3.8) is 0 Å². The number of carbonyl (C=O) groups is 1. The van der Waals surface area contributed by atoms with Crippen LogP contribution in [-0.2, 0) is 11.2 Å². The predicted octanol–water partition coefficient (Wildman–Crippen LogP) is 2.79. The summed E-state index contributed by atoms with van der Waals surface area (Å²) in [4.78, 5) is 27.3. The molecule has 1 saturated heterocycles. The molecule has 0 radical (unpaired) electrons. The molecule has 0 unspecified atom stereocenters. The molecule has 2 aromatic heterocycles. The van der Waals surface area contributed by atoms with Crippen LogP contribution in [0.15, 0.2) is 23.8 Å². The van der Waals surface area contributed by atoms with Gasteiger partial charge in [0.15, 0.2) is 10.8 Å². The van der Waals surface area contributed by atoms with E-state index >= 15 is 0 Å². The molecular weight excluding hydrogens is 296 g/mol. The molecule has 2 aromatic rings. The molecule has 22 heavy (non-hydrogen) atoms. The maximum absolute atomic E-state index is 12.4. The van der Waals surface area contributed by atoms with Crippen LogP contribution in [0.5, 0.6) is 0 Å². The number of thiazole rings is 1. The second kappa shape index (κ2) is 6.96. The van der Waals surface area contributed by atoms with Crippen LogP contribution in [0.25, 0.3) is 10.8 Å². The average Bonchev–Trinajstić information content (AvgIpc) is 3.04. The Hall–Kier alpha value is -1.82. The number of amides is 1. The Morgan fingerprint density at radius 2 is 2.23 bits per heavy atom. The van der Waals surface area contributed by atoms with Gasteiger partial charge in [0.05, 0.1) is 12.1 Å². The number of piperidine rings is 1. The lowest BCUT2D eigenvalue weighted by molar-refractivity contribution is -0.132. The summed E-state index contributed by atoms with van der Waals surface area (Å²) in [6.07, 6.45) is 7.28. The SMILES string of the molecule is CC[C@H]1CCCN(C(=O)Cc2csc(-c3ncccn3)n2)C1. The second-order valence-corrected chi connectivity index (χ2v) is 6.51. The Kier molecular flexibility index (Phi) is 4.77. The zero-order chi connectivity index (χ0) is 15.4. The summed E-state index contributed by atoms with van der Waals surface area (Å²) in [5.74, 6) is 1.46. The van der Waals surface area contributed by atoms with E-state index < -0.39 is 0 Å². The van der Waals surface area contributed by atoms with Crippen LogP contribution in [0.3, 0.4) is 0 Å². The van der Waals surface area contributed by atoms with Crippen molar-refractivity contribution in [1.29, 1.82) is 0 Å². The lowest BCUT2D eigenvalue weighted by atomic mass is 9.95. The standard InChI is InChI=1S/C16H20N4OS/c1-2-12-5-3-8-20(10-12)14(21)9-13-11-22-16(19-13)15-17-6-4-7-18-15/h4,6-7,11-12H,2-3,5,8-10H2,1H3/t12-/m0/s1. The van der Waals surface area contributed by atoms with Crippen molar-refractivity contribution in [2.24, 2.45) is 5.92 Å². The molecule has 0 saturated carbocycles. The van der Waals surface area contributed by atoms with Gasteiger partial charge in [-0.3, -0.25) is 4.79 Å². The summed E-state index contributed by atoms with van der Waals surface area (Å²) in [6, 6.07) is 1.78. The Labute approximate surface area is 134 Å². The van der Waals surface area contributed by atoms with Crippen LogP contribution < -0.4 is 0 Å². The lowest BCUT2D eigenvalue weighted by Crippen LogP contribution is -2.40. The van der Waals surface area contributed by atoms with Gasteiger partial charge in [-0.25, -0.2) is 15.0 Å². The van der Waals surface area contributed by atoms with Crippen LogP contribution in [0.2, 0.25) is 0 Å². The number of hydrogen-bond donors (Lipinski definition) is 0. The van der Waals surface area contributed by atoms with E-state index in [4.69, 9.17) is 0 Å². The molecule has 6 heteroatoms. The van der Waals surface area contributed by atoms with Crippen LogP contribution in [0.1, 0.15) is 31.9 Å². The molecule has 3 rings (SSSR count). The van der Waals surface area contributed by atoms with E-state index in [1.165, 1.54) is 17.8 Å². The van der Waals surface area contributed by atoms with Crippen LogP contribution >= 0.6 is 11.3 Å². The number of rotatable bonds is 4. The van der Waals surface area contributed by atoms with Gasteiger partial charge in [-0.05, 0) is 24.8 Å². The molecule has 0 N–H and O–H groups in total.